The van der Waals surface area contributed by atoms with E-state index >= 15 is 0 Å². The molecule has 0 aromatic heterocycles. The van der Waals surface area contributed by atoms with Crippen molar-refractivity contribution in [2.75, 3.05) is 0 Å². The molecule has 2 nitrogen and oxygen atoms in total. The van der Waals surface area contributed by atoms with Gasteiger partial charge in [-0.2, -0.15) is 13.2 Å². The van der Waals surface area contributed by atoms with Gasteiger partial charge in [-0.15, -0.1) is 0 Å². The van der Waals surface area contributed by atoms with Gasteiger partial charge in [0.05, 0.1) is 17.8 Å². The molecular weight excluding hydrogens is 267 g/mol. The first kappa shape index (κ1) is 13.9. The largest absolute Gasteiger partial charge is 0.416 e. The average molecular weight is 285 g/mol. The number of hydrogen-bond donors (Lipinski definition) is 1. The summed E-state index contributed by atoms with van der Waals surface area (Å²) in [6.07, 6.45) is -0.851. The summed E-state index contributed by atoms with van der Waals surface area (Å²) in [5.41, 5.74) is -0.244. The van der Waals surface area contributed by atoms with E-state index in [1.54, 1.807) is 19.1 Å². The van der Waals surface area contributed by atoms with E-state index in [0.717, 1.165) is 25.3 Å². The van der Waals surface area contributed by atoms with Crippen molar-refractivity contribution in [3.05, 3.63) is 35.4 Å². The molecule has 4 atom stereocenters. The molecule has 20 heavy (non-hydrogen) atoms. The minimum atomic E-state index is -4.31. The van der Waals surface area contributed by atoms with Crippen LogP contribution in [0.3, 0.4) is 0 Å². The van der Waals surface area contributed by atoms with E-state index in [4.69, 9.17) is 4.74 Å². The Hall–Kier alpha value is -1.07. The molecule has 2 heterocycles. The lowest BCUT2D eigenvalue weighted by atomic mass is 9.93. The maximum atomic E-state index is 13.0. The summed E-state index contributed by atoms with van der Waals surface area (Å²) in [7, 11) is 0. The van der Waals surface area contributed by atoms with Crippen molar-refractivity contribution in [3.8, 4) is 0 Å². The van der Waals surface area contributed by atoms with Crippen LogP contribution in [0.5, 0.6) is 0 Å². The molecular formula is C15H18F3NO. The highest BCUT2D eigenvalue weighted by Crippen LogP contribution is 2.37. The highest BCUT2D eigenvalue weighted by Gasteiger charge is 2.42. The molecule has 110 valence electrons. The van der Waals surface area contributed by atoms with E-state index in [0.29, 0.717) is 11.7 Å². The molecule has 5 heteroatoms. The Morgan fingerprint density at radius 1 is 1.25 bits per heavy atom. The molecule has 1 aromatic carbocycles. The van der Waals surface area contributed by atoms with Gasteiger partial charge in [0.15, 0.2) is 0 Å². The first-order valence-electron chi connectivity index (χ1n) is 7.03. The van der Waals surface area contributed by atoms with Crippen LogP contribution in [0.25, 0.3) is 0 Å². The number of nitrogens with one attached hydrogen (secondary N) is 1. The standard InChI is InChI=1S/C15H18F3NO/c1-9(19-13-8-10-6-7-14(13)20-10)11-4-2-3-5-12(11)15(16,17)18/h2-5,9-10,13-14,19H,6-8H2,1H3. The minimum absolute atomic E-state index is 0.167. The molecule has 0 aliphatic carbocycles. The highest BCUT2D eigenvalue weighted by atomic mass is 19.4. The first-order valence-corrected chi connectivity index (χ1v) is 7.03. The Labute approximate surface area is 116 Å². The number of alkyl halides is 3. The Bertz CT molecular complexity index is 488. The van der Waals surface area contributed by atoms with Crippen molar-refractivity contribution in [2.45, 2.75) is 56.7 Å². The van der Waals surface area contributed by atoms with Crippen LogP contribution >= 0.6 is 0 Å². The van der Waals surface area contributed by atoms with E-state index in [9.17, 15) is 13.2 Å². The zero-order chi connectivity index (χ0) is 14.3. The van der Waals surface area contributed by atoms with Crippen molar-refractivity contribution in [1.82, 2.24) is 5.32 Å². The van der Waals surface area contributed by atoms with Gasteiger partial charge in [0.1, 0.15) is 0 Å². The lowest BCUT2D eigenvalue weighted by Gasteiger charge is -2.26. The van der Waals surface area contributed by atoms with Crippen molar-refractivity contribution >= 4 is 0 Å². The van der Waals surface area contributed by atoms with Gasteiger partial charge in [-0.05, 0) is 37.8 Å². The third-order valence-corrected chi connectivity index (χ3v) is 4.30. The van der Waals surface area contributed by atoms with Crippen molar-refractivity contribution < 1.29 is 17.9 Å². The molecule has 0 radical (unpaired) electrons. The highest BCUT2D eigenvalue weighted by molar-refractivity contribution is 5.32. The molecule has 1 aromatic rings. The van der Waals surface area contributed by atoms with Gasteiger partial charge in [0.25, 0.3) is 0 Å². The Morgan fingerprint density at radius 2 is 2.00 bits per heavy atom. The quantitative estimate of drug-likeness (QED) is 0.914. The molecule has 0 spiro atoms. The molecule has 3 rings (SSSR count). The second-order valence-corrected chi connectivity index (χ2v) is 5.69. The van der Waals surface area contributed by atoms with Gasteiger partial charge >= 0.3 is 6.18 Å². The lowest BCUT2D eigenvalue weighted by Crippen LogP contribution is -2.39. The second-order valence-electron chi connectivity index (χ2n) is 5.69. The SMILES string of the molecule is CC(NC1CC2CCC1O2)c1ccccc1C(F)(F)F. The molecule has 4 unspecified atom stereocenters. The fraction of sp³-hybridized carbons (Fsp3) is 0.600. The zero-order valence-corrected chi connectivity index (χ0v) is 11.3. The maximum Gasteiger partial charge on any atom is 0.416 e. The van der Waals surface area contributed by atoms with Crippen LogP contribution in [0.2, 0.25) is 0 Å². The molecule has 2 bridgehead atoms. The fourth-order valence-corrected chi connectivity index (χ4v) is 3.36. The summed E-state index contributed by atoms with van der Waals surface area (Å²) in [5.74, 6) is 0. The van der Waals surface area contributed by atoms with E-state index in [1.807, 2.05) is 0 Å². The van der Waals surface area contributed by atoms with Gasteiger partial charge in [0.2, 0.25) is 0 Å². The maximum absolute atomic E-state index is 13.0. The number of rotatable bonds is 3. The van der Waals surface area contributed by atoms with E-state index < -0.39 is 11.7 Å². The van der Waals surface area contributed by atoms with E-state index in [2.05, 4.69) is 5.32 Å². The van der Waals surface area contributed by atoms with Crippen LogP contribution in [0.1, 0.15) is 43.4 Å². The summed E-state index contributed by atoms with van der Waals surface area (Å²) in [5, 5.41) is 3.31. The Kier molecular flexibility index (Phi) is 3.50. The number of hydrogen-bond acceptors (Lipinski definition) is 2. The summed E-state index contributed by atoms with van der Waals surface area (Å²) < 4.78 is 44.8. The zero-order valence-electron chi connectivity index (χ0n) is 11.3. The number of fused-ring (bicyclic) bond motifs is 2. The van der Waals surface area contributed by atoms with Crippen LogP contribution in [-0.4, -0.2) is 18.2 Å². The van der Waals surface area contributed by atoms with Gasteiger partial charge in [-0.1, -0.05) is 18.2 Å². The molecule has 0 amide bonds. The minimum Gasteiger partial charge on any atom is -0.373 e. The molecule has 2 aliphatic rings. The van der Waals surface area contributed by atoms with E-state index in [1.165, 1.54) is 6.07 Å². The third-order valence-electron chi connectivity index (χ3n) is 4.30. The van der Waals surface area contributed by atoms with Gasteiger partial charge in [-0.25, -0.2) is 0 Å². The first-order chi connectivity index (χ1) is 9.45. The summed E-state index contributed by atoms with van der Waals surface area (Å²) in [4.78, 5) is 0. The topological polar surface area (TPSA) is 21.3 Å². The lowest BCUT2D eigenvalue weighted by molar-refractivity contribution is -0.138. The number of halogens is 3. The Morgan fingerprint density at radius 3 is 2.60 bits per heavy atom. The third kappa shape index (κ3) is 2.56. The van der Waals surface area contributed by atoms with Crippen molar-refractivity contribution in [2.24, 2.45) is 0 Å². The molecule has 0 saturated carbocycles. The van der Waals surface area contributed by atoms with Gasteiger partial charge < -0.3 is 10.1 Å². The van der Waals surface area contributed by atoms with Gasteiger partial charge in [-0.3, -0.25) is 0 Å². The van der Waals surface area contributed by atoms with Crippen molar-refractivity contribution in [1.29, 1.82) is 0 Å². The van der Waals surface area contributed by atoms with Crippen LogP contribution in [0.15, 0.2) is 24.3 Å². The molecule has 2 aliphatic heterocycles. The van der Waals surface area contributed by atoms with E-state index in [-0.39, 0.29) is 18.2 Å². The summed E-state index contributed by atoms with van der Waals surface area (Å²) in [6, 6.07) is 5.62. The predicted molar refractivity (Wildman–Crippen MR) is 69.3 cm³/mol. The van der Waals surface area contributed by atoms with Crippen molar-refractivity contribution in [3.63, 3.8) is 0 Å². The van der Waals surface area contributed by atoms with Crippen LogP contribution in [-0.2, 0) is 10.9 Å². The monoisotopic (exact) mass is 285 g/mol. The molecule has 2 saturated heterocycles. The smallest absolute Gasteiger partial charge is 0.373 e. The van der Waals surface area contributed by atoms with Crippen LogP contribution in [0, 0.1) is 0 Å². The fourth-order valence-electron chi connectivity index (χ4n) is 3.36. The predicted octanol–water partition coefficient (Wildman–Crippen LogP) is 3.68. The second kappa shape index (κ2) is 5.04. The summed E-state index contributed by atoms with van der Waals surface area (Å²) in [6.45, 7) is 1.79. The normalized spacial score (nSPS) is 30.7. The Balaban J connectivity index is 1.76. The number of benzene rings is 1. The average Bonchev–Trinajstić information content (AvgIpc) is 3.00. The molecule has 2 fully saturated rings. The summed E-state index contributed by atoms with van der Waals surface area (Å²) >= 11 is 0. The van der Waals surface area contributed by atoms with Gasteiger partial charge in [0, 0.05) is 12.1 Å². The van der Waals surface area contributed by atoms with Crippen LogP contribution < -0.4 is 5.32 Å². The number of ether oxygens (including phenoxy) is 1. The van der Waals surface area contributed by atoms with Crippen LogP contribution in [0.4, 0.5) is 13.2 Å². The molecule has 1 N–H and O–H groups in total.